The number of carboxylic acids is 1. The van der Waals surface area contributed by atoms with Crippen molar-refractivity contribution in [3.63, 3.8) is 0 Å². The fraction of sp³-hybridized carbons (Fsp3) is 0.300. The van der Waals surface area contributed by atoms with Gasteiger partial charge in [-0.05, 0) is 48.9 Å². The number of hydrogen-bond acceptors (Lipinski definition) is 7. The number of rotatable bonds is 5. The highest BCUT2D eigenvalue weighted by molar-refractivity contribution is 8.03. The quantitative estimate of drug-likeness (QED) is 0.491. The molecular formula is C20H19N2O4S-. The number of thioether (sulfide) groups is 1. The number of carboxylic acid groups (broad SMARTS) is 1. The molecule has 4 rings (SSSR count). The van der Waals surface area contributed by atoms with E-state index >= 15 is 0 Å². The van der Waals surface area contributed by atoms with Gasteiger partial charge in [0.05, 0.1) is 5.97 Å². The molecule has 27 heavy (non-hydrogen) atoms. The molecule has 0 unspecified atom stereocenters. The summed E-state index contributed by atoms with van der Waals surface area (Å²) in [5.74, 6) is -0.0558. The molecule has 3 aromatic rings. The lowest BCUT2D eigenvalue weighted by molar-refractivity contribution is -0.298. The number of carbonyl (C=O) groups is 1. The minimum absolute atomic E-state index is 0.0154. The largest absolute Gasteiger partial charge is 0.544 e. The lowest BCUT2D eigenvalue weighted by Crippen LogP contribution is -2.23. The van der Waals surface area contributed by atoms with Crippen molar-refractivity contribution < 1.29 is 18.7 Å². The van der Waals surface area contributed by atoms with E-state index < -0.39 is 5.97 Å². The molecule has 0 spiro atoms. The van der Waals surface area contributed by atoms with Crippen molar-refractivity contribution in [2.75, 3.05) is 18.0 Å². The van der Waals surface area contributed by atoms with Gasteiger partial charge in [-0.25, -0.2) is 4.98 Å². The summed E-state index contributed by atoms with van der Waals surface area (Å²) in [6.45, 7) is 1.92. The molecule has 6 nitrogen and oxygen atoms in total. The number of para-hydroxylation sites is 2. The number of oxazole rings is 1. The summed E-state index contributed by atoms with van der Waals surface area (Å²) >= 11 is 0.913. The van der Waals surface area contributed by atoms with E-state index in [0.29, 0.717) is 16.9 Å². The molecule has 1 aliphatic rings. The van der Waals surface area contributed by atoms with Crippen LogP contribution in [0.2, 0.25) is 0 Å². The smallest absolute Gasteiger partial charge is 0.261 e. The summed E-state index contributed by atoms with van der Waals surface area (Å²) < 4.78 is 11.4. The number of aliphatic carboxylic acids is 1. The van der Waals surface area contributed by atoms with Crippen LogP contribution >= 0.6 is 11.8 Å². The summed E-state index contributed by atoms with van der Waals surface area (Å²) in [5.41, 5.74) is 1.29. The van der Waals surface area contributed by atoms with Crippen LogP contribution in [0.25, 0.3) is 17.2 Å². The topological polar surface area (TPSA) is 82.5 Å². The van der Waals surface area contributed by atoms with Gasteiger partial charge < -0.3 is 23.6 Å². The molecule has 140 valence electrons. The van der Waals surface area contributed by atoms with Crippen molar-refractivity contribution in [2.24, 2.45) is 0 Å². The van der Waals surface area contributed by atoms with E-state index in [1.54, 1.807) is 12.1 Å². The predicted molar refractivity (Wildman–Crippen MR) is 102 cm³/mol. The van der Waals surface area contributed by atoms with E-state index in [2.05, 4.69) is 9.88 Å². The number of fused-ring (bicyclic) bond motifs is 1. The van der Waals surface area contributed by atoms with E-state index in [-0.39, 0.29) is 10.1 Å². The number of anilines is 1. The van der Waals surface area contributed by atoms with Crippen LogP contribution in [0, 0.1) is 0 Å². The monoisotopic (exact) mass is 383 g/mol. The van der Waals surface area contributed by atoms with E-state index in [9.17, 15) is 9.90 Å². The van der Waals surface area contributed by atoms with Crippen LogP contribution in [0.3, 0.4) is 0 Å². The van der Waals surface area contributed by atoms with Crippen molar-refractivity contribution >= 4 is 40.8 Å². The number of hydrogen-bond donors (Lipinski definition) is 0. The van der Waals surface area contributed by atoms with Crippen molar-refractivity contribution in [2.45, 2.75) is 30.9 Å². The van der Waals surface area contributed by atoms with E-state index in [0.717, 1.165) is 43.6 Å². The molecule has 2 aromatic heterocycles. The van der Waals surface area contributed by atoms with Crippen molar-refractivity contribution in [3.05, 3.63) is 47.1 Å². The van der Waals surface area contributed by atoms with Crippen LogP contribution in [0.1, 0.15) is 31.4 Å². The van der Waals surface area contributed by atoms with Crippen LogP contribution in [-0.2, 0) is 4.79 Å². The summed E-state index contributed by atoms with van der Waals surface area (Å²) in [5, 5.41) is 11.8. The second-order valence-electron chi connectivity index (χ2n) is 6.42. The molecule has 0 N–H and O–H groups in total. The Morgan fingerprint density at radius 1 is 1.07 bits per heavy atom. The first-order chi connectivity index (χ1) is 13.2. The molecule has 1 aromatic carbocycles. The number of aromatic nitrogens is 1. The molecule has 0 bridgehead atoms. The average Bonchev–Trinajstić information content (AvgIpc) is 3.19. The maximum absolute atomic E-state index is 11.6. The first kappa shape index (κ1) is 17.7. The van der Waals surface area contributed by atoms with Crippen LogP contribution in [0.5, 0.6) is 0 Å². The van der Waals surface area contributed by atoms with E-state index in [4.69, 9.17) is 8.83 Å². The lowest BCUT2D eigenvalue weighted by Gasteiger charge is -2.18. The third-order valence-electron chi connectivity index (χ3n) is 4.48. The van der Waals surface area contributed by atoms with E-state index in [1.807, 2.05) is 24.3 Å². The Balaban J connectivity index is 1.54. The van der Waals surface area contributed by atoms with Gasteiger partial charge in [-0.3, -0.25) is 0 Å². The van der Waals surface area contributed by atoms with Crippen LogP contribution < -0.4 is 10.0 Å². The zero-order valence-electron chi connectivity index (χ0n) is 14.7. The molecule has 0 radical (unpaired) electrons. The maximum Gasteiger partial charge on any atom is 0.261 e. The summed E-state index contributed by atoms with van der Waals surface area (Å²) in [6, 6.07) is 10.9. The van der Waals surface area contributed by atoms with Gasteiger partial charge in [0.2, 0.25) is 0 Å². The van der Waals surface area contributed by atoms with Crippen molar-refractivity contribution in [1.82, 2.24) is 4.98 Å². The van der Waals surface area contributed by atoms with Crippen LogP contribution in [0.4, 0.5) is 5.88 Å². The second kappa shape index (κ2) is 7.92. The van der Waals surface area contributed by atoms with Gasteiger partial charge in [0.1, 0.15) is 11.3 Å². The SMILES string of the molecule is O=C([O-])/C(=C\c1ccc(N2CCCCCC2)o1)Sc1nc2ccccc2o1. The fourth-order valence-corrected chi connectivity index (χ4v) is 3.85. The highest BCUT2D eigenvalue weighted by Crippen LogP contribution is 2.31. The minimum atomic E-state index is -1.30. The second-order valence-corrected chi connectivity index (χ2v) is 7.42. The Bertz CT molecular complexity index is 934. The molecule has 1 saturated heterocycles. The first-order valence-electron chi connectivity index (χ1n) is 9.00. The third-order valence-corrected chi connectivity index (χ3v) is 5.33. The summed E-state index contributed by atoms with van der Waals surface area (Å²) in [4.78, 5) is 18.0. The zero-order valence-corrected chi connectivity index (χ0v) is 15.5. The number of furan rings is 1. The fourth-order valence-electron chi connectivity index (χ4n) is 3.13. The molecular weight excluding hydrogens is 364 g/mol. The van der Waals surface area contributed by atoms with Gasteiger partial charge >= 0.3 is 0 Å². The van der Waals surface area contributed by atoms with Gasteiger partial charge in [-0.15, -0.1) is 0 Å². The van der Waals surface area contributed by atoms with Crippen molar-refractivity contribution in [3.8, 4) is 0 Å². The predicted octanol–water partition coefficient (Wildman–Crippen LogP) is 3.68. The Morgan fingerprint density at radius 3 is 2.59 bits per heavy atom. The first-order valence-corrected chi connectivity index (χ1v) is 9.82. The standard InChI is InChI=1S/C20H20N2O4S/c23-19(24)17(27-20-21-15-7-3-4-8-16(15)26-20)13-14-9-10-18(25-14)22-11-5-1-2-6-12-22/h3-4,7-10,13H,1-2,5-6,11-12H2,(H,23,24)/p-1/b17-13+. The summed E-state index contributed by atoms with van der Waals surface area (Å²) in [6.07, 6.45) is 6.21. The maximum atomic E-state index is 11.6. The average molecular weight is 383 g/mol. The molecule has 0 saturated carbocycles. The van der Waals surface area contributed by atoms with Gasteiger partial charge in [0, 0.05) is 24.1 Å². The van der Waals surface area contributed by atoms with E-state index in [1.165, 1.54) is 18.9 Å². The highest BCUT2D eigenvalue weighted by Gasteiger charge is 2.14. The minimum Gasteiger partial charge on any atom is -0.544 e. The Hall–Kier alpha value is -2.67. The molecule has 0 atom stereocenters. The molecule has 1 fully saturated rings. The molecule has 0 aliphatic carbocycles. The Kier molecular flexibility index (Phi) is 5.20. The molecule has 7 heteroatoms. The summed E-state index contributed by atoms with van der Waals surface area (Å²) in [7, 11) is 0. The van der Waals surface area contributed by atoms with Gasteiger partial charge in [-0.1, -0.05) is 25.0 Å². The molecule has 1 aliphatic heterocycles. The van der Waals surface area contributed by atoms with Crippen LogP contribution in [-0.4, -0.2) is 24.0 Å². The van der Waals surface area contributed by atoms with Gasteiger partial charge in [-0.2, -0.15) is 0 Å². The van der Waals surface area contributed by atoms with Crippen molar-refractivity contribution in [1.29, 1.82) is 0 Å². The van der Waals surface area contributed by atoms with Gasteiger partial charge in [0.25, 0.3) is 5.22 Å². The third kappa shape index (κ3) is 4.19. The zero-order chi connectivity index (χ0) is 18.6. The number of carbonyl (C=O) groups excluding carboxylic acids is 1. The highest BCUT2D eigenvalue weighted by atomic mass is 32.2. The number of benzene rings is 1. The lowest BCUT2D eigenvalue weighted by atomic mass is 10.2. The Morgan fingerprint density at radius 2 is 1.85 bits per heavy atom. The number of nitrogens with zero attached hydrogens (tertiary/aromatic N) is 2. The van der Waals surface area contributed by atoms with Crippen LogP contribution in [0.15, 0.2) is 55.4 Å². The molecule has 3 heterocycles. The Labute approximate surface area is 160 Å². The van der Waals surface area contributed by atoms with Gasteiger partial charge in [0.15, 0.2) is 11.5 Å². The normalized spacial score (nSPS) is 15.9. The molecule has 0 amide bonds.